The zero-order valence-corrected chi connectivity index (χ0v) is 14.8. The molecule has 8 heteroatoms. The second-order valence-corrected chi connectivity index (χ2v) is 7.18. The van der Waals surface area contributed by atoms with Gasteiger partial charge in [-0.2, -0.15) is 4.98 Å². The Hall–Kier alpha value is -1.99. The van der Waals surface area contributed by atoms with Crippen LogP contribution in [0.25, 0.3) is 0 Å². The first kappa shape index (κ1) is 17.8. The molecule has 2 aliphatic rings. The number of amides is 2. The van der Waals surface area contributed by atoms with Crippen LogP contribution in [0, 0.1) is 12.8 Å². The first-order chi connectivity index (χ1) is 11.9. The molecule has 0 radical (unpaired) electrons. The van der Waals surface area contributed by atoms with Gasteiger partial charge in [-0.05, 0) is 38.5 Å². The Kier molecular flexibility index (Phi) is 5.06. The number of likely N-dealkylation sites (tertiary alicyclic amines) is 2. The van der Waals surface area contributed by atoms with Crippen LogP contribution >= 0.6 is 0 Å². The number of piperidine rings is 2. The van der Waals surface area contributed by atoms with Gasteiger partial charge in [-0.15, -0.1) is 0 Å². The standard InChI is InChI=1S/C17H25FN4O3/c1-12-19-16(25-20-12)17(18)6-3-7-22(11-17)15(24)10-14-4-8-21(9-5-14)13(2)23/h14H,3-11H2,1-2H3. The van der Waals surface area contributed by atoms with Gasteiger partial charge in [-0.1, -0.05) is 5.16 Å². The van der Waals surface area contributed by atoms with Gasteiger partial charge >= 0.3 is 0 Å². The molecule has 7 nitrogen and oxygen atoms in total. The molecule has 1 aromatic rings. The minimum atomic E-state index is -1.76. The summed E-state index contributed by atoms with van der Waals surface area (Å²) in [6.45, 7) is 5.14. The van der Waals surface area contributed by atoms with Crippen LogP contribution in [0.2, 0.25) is 0 Å². The van der Waals surface area contributed by atoms with E-state index in [0.29, 0.717) is 38.3 Å². The molecule has 138 valence electrons. The summed E-state index contributed by atoms with van der Waals surface area (Å²) in [4.78, 5) is 31.4. The van der Waals surface area contributed by atoms with E-state index in [9.17, 15) is 9.59 Å². The number of rotatable bonds is 3. The first-order valence-electron chi connectivity index (χ1n) is 8.90. The van der Waals surface area contributed by atoms with Gasteiger partial charge in [-0.3, -0.25) is 9.59 Å². The minimum Gasteiger partial charge on any atom is -0.343 e. The molecule has 1 aromatic heterocycles. The van der Waals surface area contributed by atoms with Gasteiger partial charge in [0, 0.05) is 33.0 Å². The molecule has 2 saturated heterocycles. The van der Waals surface area contributed by atoms with E-state index in [-0.39, 0.29) is 36.6 Å². The van der Waals surface area contributed by atoms with Crippen molar-refractivity contribution in [2.75, 3.05) is 26.2 Å². The van der Waals surface area contributed by atoms with Gasteiger partial charge < -0.3 is 14.3 Å². The van der Waals surface area contributed by atoms with Crippen LogP contribution in [-0.4, -0.2) is 57.9 Å². The van der Waals surface area contributed by atoms with Crippen molar-refractivity contribution in [2.24, 2.45) is 5.92 Å². The lowest BCUT2D eigenvalue weighted by Gasteiger charge is -2.37. The molecule has 0 bridgehead atoms. The Balaban J connectivity index is 1.56. The Morgan fingerprint density at radius 1 is 1.28 bits per heavy atom. The molecule has 2 amide bonds. The number of carbonyl (C=O) groups is 2. The Morgan fingerprint density at radius 2 is 2.00 bits per heavy atom. The lowest BCUT2D eigenvalue weighted by molar-refractivity contribution is -0.138. The van der Waals surface area contributed by atoms with Gasteiger partial charge in [0.25, 0.3) is 5.89 Å². The van der Waals surface area contributed by atoms with Gasteiger partial charge in [0.2, 0.25) is 17.5 Å². The molecule has 2 aliphatic heterocycles. The maximum absolute atomic E-state index is 15.2. The summed E-state index contributed by atoms with van der Waals surface area (Å²) in [5.41, 5.74) is -1.76. The van der Waals surface area contributed by atoms with Crippen LogP contribution in [0.3, 0.4) is 0 Å². The van der Waals surface area contributed by atoms with Crippen molar-refractivity contribution in [1.29, 1.82) is 0 Å². The lowest BCUT2D eigenvalue weighted by atomic mass is 9.90. The molecule has 25 heavy (non-hydrogen) atoms. The van der Waals surface area contributed by atoms with Crippen LogP contribution in [0.1, 0.15) is 50.7 Å². The second-order valence-electron chi connectivity index (χ2n) is 7.18. The maximum atomic E-state index is 15.2. The molecule has 0 N–H and O–H groups in total. The summed E-state index contributed by atoms with van der Waals surface area (Å²) >= 11 is 0. The van der Waals surface area contributed by atoms with Crippen LogP contribution in [-0.2, 0) is 15.3 Å². The van der Waals surface area contributed by atoms with E-state index in [1.165, 1.54) is 0 Å². The van der Waals surface area contributed by atoms with E-state index in [0.717, 1.165) is 12.8 Å². The fraction of sp³-hybridized carbons (Fsp3) is 0.765. The first-order valence-corrected chi connectivity index (χ1v) is 8.90. The Morgan fingerprint density at radius 3 is 2.60 bits per heavy atom. The summed E-state index contributed by atoms with van der Waals surface area (Å²) in [5, 5.41) is 3.66. The van der Waals surface area contributed by atoms with Crippen LogP contribution in [0.5, 0.6) is 0 Å². The highest BCUT2D eigenvalue weighted by molar-refractivity contribution is 5.77. The Bertz CT molecular complexity index is 642. The zero-order valence-electron chi connectivity index (χ0n) is 14.8. The Labute approximate surface area is 146 Å². The summed E-state index contributed by atoms with van der Waals surface area (Å²) in [6, 6.07) is 0. The molecular formula is C17H25FN4O3. The van der Waals surface area contributed by atoms with Crippen LogP contribution in [0.4, 0.5) is 4.39 Å². The number of nitrogens with zero attached hydrogens (tertiary/aromatic N) is 4. The van der Waals surface area contributed by atoms with Gasteiger partial charge in [0.15, 0.2) is 5.82 Å². The molecule has 3 heterocycles. The SMILES string of the molecule is CC(=O)N1CCC(CC(=O)N2CCCC(F)(c3nc(C)no3)C2)CC1. The number of carbonyl (C=O) groups excluding carboxylic acids is 2. The van der Waals surface area contributed by atoms with Crippen molar-refractivity contribution in [3.63, 3.8) is 0 Å². The third kappa shape index (κ3) is 3.99. The molecule has 2 fully saturated rings. The summed E-state index contributed by atoms with van der Waals surface area (Å²) in [5.74, 6) is 0.673. The van der Waals surface area contributed by atoms with E-state index in [4.69, 9.17) is 4.52 Å². The highest BCUT2D eigenvalue weighted by atomic mass is 19.1. The molecular weight excluding hydrogens is 327 g/mol. The molecule has 0 saturated carbocycles. The minimum absolute atomic E-state index is 0.0280. The average molecular weight is 352 g/mol. The van der Waals surface area contributed by atoms with Crippen molar-refractivity contribution in [3.8, 4) is 0 Å². The number of alkyl halides is 1. The molecule has 0 aromatic carbocycles. The fourth-order valence-electron chi connectivity index (χ4n) is 3.71. The van der Waals surface area contributed by atoms with E-state index in [2.05, 4.69) is 10.1 Å². The summed E-state index contributed by atoms with van der Waals surface area (Å²) in [7, 11) is 0. The molecule has 0 spiro atoms. The van der Waals surface area contributed by atoms with Crippen molar-refractivity contribution in [3.05, 3.63) is 11.7 Å². The van der Waals surface area contributed by atoms with E-state index in [1.807, 2.05) is 4.90 Å². The normalized spacial score (nSPS) is 25.2. The molecule has 3 rings (SSSR count). The van der Waals surface area contributed by atoms with Crippen molar-refractivity contribution in [2.45, 2.75) is 51.6 Å². The summed E-state index contributed by atoms with van der Waals surface area (Å²) in [6.07, 6.45) is 2.91. The predicted octanol–water partition coefficient (Wildman–Crippen LogP) is 1.81. The largest absolute Gasteiger partial charge is 0.343 e. The maximum Gasteiger partial charge on any atom is 0.266 e. The monoisotopic (exact) mass is 352 g/mol. The zero-order chi connectivity index (χ0) is 18.0. The van der Waals surface area contributed by atoms with Gasteiger partial charge in [0.05, 0.1) is 6.54 Å². The van der Waals surface area contributed by atoms with E-state index < -0.39 is 5.67 Å². The van der Waals surface area contributed by atoms with Crippen molar-refractivity contribution >= 4 is 11.8 Å². The number of halogens is 1. The van der Waals surface area contributed by atoms with Crippen LogP contribution in [0.15, 0.2) is 4.52 Å². The predicted molar refractivity (Wildman–Crippen MR) is 87.2 cm³/mol. The topological polar surface area (TPSA) is 79.5 Å². The van der Waals surface area contributed by atoms with Crippen molar-refractivity contribution < 1.29 is 18.5 Å². The number of hydrogen-bond donors (Lipinski definition) is 0. The lowest BCUT2D eigenvalue weighted by Crippen LogP contribution is -2.47. The van der Waals surface area contributed by atoms with Crippen molar-refractivity contribution in [1.82, 2.24) is 19.9 Å². The number of aromatic nitrogens is 2. The quantitative estimate of drug-likeness (QED) is 0.829. The van der Waals surface area contributed by atoms with E-state index >= 15 is 4.39 Å². The molecule has 0 aliphatic carbocycles. The highest BCUT2D eigenvalue weighted by Gasteiger charge is 2.43. The van der Waals surface area contributed by atoms with E-state index in [1.54, 1.807) is 18.7 Å². The van der Waals surface area contributed by atoms with Gasteiger partial charge in [-0.25, -0.2) is 4.39 Å². The van der Waals surface area contributed by atoms with Crippen LogP contribution < -0.4 is 0 Å². The fourth-order valence-corrected chi connectivity index (χ4v) is 3.71. The van der Waals surface area contributed by atoms with Gasteiger partial charge in [0.1, 0.15) is 0 Å². The second kappa shape index (κ2) is 7.09. The molecule has 1 unspecified atom stereocenters. The third-order valence-corrected chi connectivity index (χ3v) is 5.23. The summed E-state index contributed by atoms with van der Waals surface area (Å²) < 4.78 is 20.2. The third-order valence-electron chi connectivity index (χ3n) is 5.23. The number of aryl methyl sites for hydroxylation is 1. The average Bonchev–Trinajstić information content (AvgIpc) is 3.03. The number of hydrogen-bond acceptors (Lipinski definition) is 5. The highest BCUT2D eigenvalue weighted by Crippen LogP contribution is 2.35. The molecule has 1 atom stereocenters. The smallest absolute Gasteiger partial charge is 0.266 e.